The molecule has 25 heavy (non-hydrogen) atoms. The van der Waals surface area contributed by atoms with Crippen LogP contribution in [0, 0.1) is 0 Å². The Hall–Kier alpha value is -2.92. The highest BCUT2D eigenvalue weighted by Gasteiger charge is 2.29. The maximum absolute atomic E-state index is 13.0. The maximum Gasteiger partial charge on any atom is 0.424 e. The first-order chi connectivity index (χ1) is 12.3. The van der Waals surface area contributed by atoms with Gasteiger partial charge >= 0.3 is 6.09 Å². The monoisotopic (exact) mass is 349 g/mol. The molecule has 1 aliphatic rings. The third-order valence-corrected chi connectivity index (χ3v) is 5.01. The van der Waals surface area contributed by atoms with E-state index in [0.29, 0.717) is 11.5 Å². The molecule has 0 aromatic heterocycles. The summed E-state index contributed by atoms with van der Waals surface area (Å²) in [6, 6.07) is 22.7. The van der Waals surface area contributed by atoms with E-state index < -0.39 is 6.09 Å². The zero-order chi connectivity index (χ0) is 17.2. The summed E-state index contributed by atoms with van der Waals surface area (Å²) in [6.45, 7) is 0. The minimum atomic E-state index is -0.468. The highest BCUT2D eigenvalue weighted by Crippen LogP contribution is 2.48. The quantitative estimate of drug-likeness (QED) is 0.612. The van der Waals surface area contributed by atoms with E-state index in [1.165, 1.54) is 0 Å². The minimum absolute atomic E-state index is 0.392. The van der Waals surface area contributed by atoms with Gasteiger partial charge in [-0.25, -0.2) is 9.69 Å². The molecule has 0 spiro atoms. The molecule has 124 valence electrons. The van der Waals surface area contributed by atoms with Gasteiger partial charge in [-0.15, -0.1) is 0 Å². The second-order valence-corrected chi connectivity index (χ2v) is 6.48. The van der Waals surface area contributed by atoms with Crippen molar-refractivity contribution in [2.24, 2.45) is 0 Å². The standard InChI is InChI=1S/C20H15NO3S/c1-23-16-10-4-5-11-17(16)24-20(22)21-14-8-2-6-12-18(14)25-19-13-7-3-9-15(19)21/h2-13H,1H3. The number of benzene rings is 3. The fourth-order valence-electron chi connectivity index (χ4n) is 2.74. The van der Waals surface area contributed by atoms with Gasteiger partial charge in [-0.3, -0.25) is 0 Å². The lowest BCUT2D eigenvalue weighted by atomic mass is 10.2. The number of anilines is 2. The fraction of sp³-hybridized carbons (Fsp3) is 0.0500. The number of nitrogens with zero attached hydrogens (tertiary/aromatic N) is 1. The number of methoxy groups -OCH3 is 1. The number of ether oxygens (including phenoxy) is 2. The predicted octanol–water partition coefficient (Wildman–Crippen LogP) is 5.50. The zero-order valence-corrected chi connectivity index (χ0v) is 14.3. The predicted molar refractivity (Wildman–Crippen MR) is 98.2 cm³/mol. The lowest BCUT2D eigenvalue weighted by Gasteiger charge is -2.30. The molecule has 4 rings (SSSR count). The Morgan fingerprint density at radius 3 is 1.92 bits per heavy atom. The van der Waals surface area contributed by atoms with Crippen LogP contribution in [0.15, 0.2) is 82.6 Å². The second-order valence-electron chi connectivity index (χ2n) is 5.39. The van der Waals surface area contributed by atoms with E-state index in [1.807, 2.05) is 54.6 Å². The molecule has 0 aliphatic carbocycles. The Morgan fingerprint density at radius 1 is 0.800 bits per heavy atom. The van der Waals surface area contributed by atoms with E-state index in [1.54, 1.807) is 42.0 Å². The fourth-order valence-corrected chi connectivity index (χ4v) is 3.80. The van der Waals surface area contributed by atoms with Crippen LogP contribution in [0.1, 0.15) is 0 Å². The highest BCUT2D eigenvalue weighted by molar-refractivity contribution is 7.99. The van der Waals surface area contributed by atoms with Gasteiger partial charge in [-0.05, 0) is 36.4 Å². The molecule has 3 aromatic carbocycles. The van der Waals surface area contributed by atoms with Crippen molar-refractivity contribution < 1.29 is 14.3 Å². The average Bonchev–Trinajstić information content (AvgIpc) is 2.66. The van der Waals surface area contributed by atoms with E-state index in [2.05, 4.69) is 0 Å². The number of carbonyl (C=O) groups is 1. The van der Waals surface area contributed by atoms with Crippen molar-refractivity contribution in [1.82, 2.24) is 0 Å². The largest absolute Gasteiger partial charge is 0.493 e. The molecule has 4 nitrogen and oxygen atoms in total. The molecule has 3 aromatic rings. The van der Waals surface area contributed by atoms with Gasteiger partial charge < -0.3 is 9.47 Å². The molecule has 0 bridgehead atoms. The second kappa shape index (κ2) is 6.53. The summed E-state index contributed by atoms with van der Waals surface area (Å²) in [5, 5.41) is 0. The molecule has 0 radical (unpaired) electrons. The van der Waals surface area contributed by atoms with E-state index in [9.17, 15) is 4.79 Å². The van der Waals surface area contributed by atoms with Gasteiger partial charge in [-0.2, -0.15) is 0 Å². The zero-order valence-electron chi connectivity index (χ0n) is 13.5. The van der Waals surface area contributed by atoms with Crippen LogP contribution in [0.3, 0.4) is 0 Å². The molecule has 0 saturated heterocycles. The molecule has 0 unspecified atom stereocenters. The van der Waals surface area contributed by atoms with Crippen molar-refractivity contribution in [2.45, 2.75) is 9.79 Å². The number of hydrogen-bond donors (Lipinski definition) is 0. The van der Waals surface area contributed by atoms with Crippen LogP contribution >= 0.6 is 11.8 Å². The molecule has 0 atom stereocenters. The highest BCUT2D eigenvalue weighted by atomic mass is 32.2. The van der Waals surface area contributed by atoms with Crippen LogP contribution in [0.5, 0.6) is 11.5 Å². The number of amides is 1. The summed E-state index contributed by atoms with van der Waals surface area (Å²) in [5.41, 5.74) is 1.62. The van der Waals surface area contributed by atoms with Crippen molar-refractivity contribution in [3.8, 4) is 11.5 Å². The van der Waals surface area contributed by atoms with Crippen molar-refractivity contribution in [1.29, 1.82) is 0 Å². The molecular formula is C20H15NO3S. The van der Waals surface area contributed by atoms with Gasteiger partial charge in [0.05, 0.1) is 18.5 Å². The van der Waals surface area contributed by atoms with Crippen LogP contribution in [-0.2, 0) is 0 Å². The molecule has 1 aliphatic heterocycles. The Labute approximate surface area is 150 Å². The smallest absolute Gasteiger partial charge is 0.424 e. The van der Waals surface area contributed by atoms with Crippen LogP contribution in [0.2, 0.25) is 0 Å². The van der Waals surface area contributed by atoms with Crippen LogP contribution in [0.25, 0.3) is 0 Å². The number of para-hydroxylation sites is 4. The SMILES string of the molecule is COc1ccccc1OC(=O)N1c2ccccc2Sc2ccccc21. The summed E-state index contributed by atoms with van der Waals surface area (Å²) >= 11 is 1.64. The van der Waals surface area contributed by atoms with Gasteiger partial charge in [0.2, 0.25) is 0 Å². The summed E-state index contributed by atoms with van der Waals surface area (Å²) in [5.74, 6) is 0.909. The number of hydrogen-bond acceptors (Lipinski definition) is 4. The van der Waals surface area contributed by atoms with Crippen molar-refractivity contribution >= 4 is 29.2 Å². The maximum atomic E-state index is 13.0. The lowest BCUT2D eigenvalue weighted by molar-refractivity contribution is 0.208. The van der Waals surface area contributed by atoms with Crippen molar-refractivity contribution in [3.63, 3.8) is 0 Å². The normalized spacial score (nSPS) is 12.1. The Morgan fingerprint density at radius 2 is 1.32 bits per heavy atom. The number of fused-ring (bicyclic) bond motifs is 2. The first kappa shape index (κ1) is 15.6. The summed E-state index contributed by atoms with van der Waals surface area (Å²) in [4.78, 5) is 16.6. The Kier molecular flexibility index (Phi) is 4.07. The summed E-state index contributed by atoms with van der Waals surface area (Å²) in [6.07, 6.45) is -0.468. The first-order valence-electron chi connectivity index (χ1n) is 7.79. The van der Waals surface area contributed by atoms with E-state index >= 15 is 0 Å². The van der Waals surface area contributed by atoms with Gasteiger partial charge in [0, 0.05) is 9.79 Å². The third kappa shape index (κ3) is 2.83. The molecule has 1 heterocycles. The first-order valence-corrected chi connectivity index (χ1v) is 8.60. The van der Waals surface area contributed by atoms with Gasteiger partial charge in [0.15, 0.2) is 11.5 Å². The van der Waals surface area contributed by atoms with Crippen LogP contribution < -0.4 is 14.4 Å². The molecule has 0 fully saturated rings. The van der Waals surface area contributed by atoms with Crippen LogP contribution in [0.4, 0.5) is 16.2 Å². The van der Waals surface area contributed by atoms with Crippen LogP contribution in [-0.4, -0.2) is 13.2 Å². The summed E-state index contributed by atoms with van der Waals surface area (Å²) in [7, 11) is 1.55. The number of carbonyl (C=O) groups excluding carboxylic acids is 1. The van der Waals surface area contributed by atoms with E-state index in [-0.39, 0.29) is 0 Å². The van der Waals surface area contributed by atoms with E-state index in [4.69, 9.17) is 9.47 Å². The van der Waals surface area contributed by atoms with Gasteiger partial charge in [-0.1, -0.05) is 48.2 Å². The van der Waals surface area contributed by atoms with Crippen molar-refractivity contribution in [2.75, 3.05) is 12.0 Å². The van der Waals surface area contributed by atoms with Crippen molar-refractivity contribution in [3.05, 3.63) is 72.8 Å². The summed E-state index contributed by atoms with van der Waals surface area (Å²) < 4.78 is 10.9. The van der Waals surface area contributed by atoms with E-state index in [0.717, 1.165) is 21.2 Å². The number of rotatable bonds is 2. The Balaban J connectivity index is 1.75. The molecule has 0 saturated carbocycles. The molecule has 1 amide bonds. The topological polar surface area (TPSA) is 38.8 Å². The molecule has 5 heteroatoms. The molecular weight excluding hydrogens is 334 g/mol. The molecule has 0 N–H and O–H groups in total. The third-order valence-electron chi connectivity index (χ3n) is 3.88. The van der Waals surface area contributed by atoms with Gasteiger partial charge in [0.25, 0.3) is 0 Å². The lowest BCUT2D eigenvalue weighted by Crippen LogP contribution is -2.31. The van der Waals surface area contributed by atoms with Gasteiger partial charge in [0.1, 0.15) is 0 Å². The Bertz CT molecular complexity index is 896. The average molecular weight is 349 g/mol. The minimum Gasteiger partial charge on any atom is -0.493 e.